The molecule has 1 heteroatoms. The summed E-state index contributed by atoms with van der Waals surface area (Å²) in [5, 5.41) is 0. The Hall–Kier alpha value is -0.0500. The maximum atomic E-state index is 2.62. The highest BCUT2D eigenvalue weighted by Gasteiger charge is 2.34. The van der Waals surface area contributed by atoms with E-state index in [0.29, 0.717) is 5.41 Å². The number of hydrogen-bond acceptors (Lipinski definition) is 0. The maximum absolute atomic E-state index is 2.62. The monoisotopic (exact) mass is 328 g/mol. The highest BCUT2D eigenvalue weighted by Crippen LogP contribution is 2.44. The lowest BCUT2D eigenvalue weighted by Crippen LogP contribution is -2.31. The molecular formula is C15H21I. The predicted octanol–water partition coefficient (Wildman–Crippen LogP) is 5.10. The first kappa shape index (κ1) is 12.4. The van der Waals surface area contributed by atoms with Crippen LogP contribution in [0.25, 0.3) is 0 Å². The molecule has 1 aliphatic rings. The molecule has 88 valence electrons. The number of alkyl halides is 1. The van der Waals surface area contributed by atoms with Gasteiger partial charge in [-0.3, -0.25) is 0 Å². The van der Waals surface area contributed by atoms with Crippen LogP contribution in [0.2, 0.25) is 0 Å². The molecule has 1 fully saturated rings. The molecule has 1 aliphatic carbocycles. The van der Waals surface area contributed by atoms with Crippen molar-refractivity contribution in [2.75, 3.05) is 0 Å². The van der Waals surface area contributed by atoms with E-state index in [1.165, 1.54) is 38.5 Å². The van der Waals surface area contributed by atoms with Crippen LogP contribution in [0, 0.1) is 0 Å². The van der Waals surface area contributed by atoms with Gasteiger partial charge in [-0.05, 0) is 43.1 Å². The fourth-order valence-corrected chi connectivity index (χ4v) is 3.71. The molecule has 0 heterocycles. The summed E-state index contributed by atoms with van der Waals surface area (Å²) < 4.78 is 0.909. The zero-order chi connectivity index (χ0) is 11.4. The first-order chi connectivity index (χ1) is 7.77. The Labute approximate surface area is 113 Å². The molecule has 0 bridgehead atoms. The van der Waals surface area contributed by atoms with Gasteiger partial charge in [0.05, 0.1) is 0 Å². The van der Waals surface area contributed by atoms with Crippen molar-refractivity contribution in [3.63, 3.8) is 0 Å². The molecule has 0 unspecified atom stereocenters. The minimum Gasteiger partial charge on any atom is -0.0826 e. The van der Waals surface area contributed by atoms with Crippen molar-refractivity contribution >= 4 is 22.6 Å². The van der Waals surface area contributed by atoms with Crippen LogP contribution in [0.5, 0.6) is 0 Å². The van der Waals surface area contributed by atoms with Crippen molar-refractivity contribution in [2.24, 2.45) is 0 Å². The van der Waals surface area contributed by atoms with E-state index in [4.69, 9.17) is 0 Å². The lowest BCUT2D eigenvalue weighted by Gasteiger charge is -2.39. The normalized spacial score (nSPS) is 30.2. The van der Waals surface area contributed by atoms with Crippen LogP contribution in [-0.4, -0.2) is 3.92 Å². The highest BCUT2D eigenvalue weighted by atomic mass is 127. The molecule has 0 nitrogen and oxygen atoms in total. The predicted molar refractivity (Wildman–Crippen MR) is 79.3 cm³/mol. The first-order valence-corrected chi connectivity index (χ1v) is 7.71. The van der Waals surface area contributed by atoms with Crippen molar-refractivity contribution in [1.82, 2.24) is 0 Å². The molecule has 0 spiro atoms. The Morgan fingerprint density at radius 2 is 1.81 bits per heavy atom. The Morgan fingerprint density at radius 3 is 2.38 bits per heavy atom. The van der Waals surface area contributed by atoms with Gasteiger partial charge < -0.3 is 0 Å². The fourth-order valence-electron chi connectivity index (χ4n) is 3.09. The van der Waals surface area contributed by atoms with Crippen LogP contribution in [0.4, 0.5) is 0 Å². The average Bonchev–Trinajstić information content (AvgIpc) is 2.34. The molecule has 0 atom stereocenters. The largest absolute Gasteiger partial charge is 0.0826 e. The summed E-state index contributed by atoms with van der Waals surface area (Å²) in [6.45, 7) is 2.32. The van der Waals surface area contributed by atoms with Crippen molar-refractivity contribution in [2.45, 2.75) is 54.8 Å². The summed E-state index contributed by atoms with van der Waals surface area (Å²) in [5.41, 5.74) is 2.08. The van der Waals surface area contributed by atoms with E-state index >= 15 is 0 Å². The minimum atomic E-state index is 0.498. The summed E-state index contributed by atoms with van der Waals surface area (Å²) in [5.74, 6) is 0. The van der Waals surface area contributed by atoms with Crippen LogP contribution < -0.4 is 0 Å². The van der Waals surface area contributed by atoms with Gasteiger partial charge in [0.15, 0.2) is 0 Å². The lowest BCUT2D eigenvalue weighted by molar-refractivity contribution is 0.280. The quantitative estimate of drug-likeness (QED) is 0.535. The van der Waals surface area contributed by atoms with E-state index < -0.39 is 0 Å². The number of halogens is 1. The molecule has 0 aliphatic heterocycles. The second kappa shape index (κ2) is 5.52. The van der Waals surface area contributed by atoms with E-state index in [-0.39, 0.29) is 0 Å². The minimum absolute atomic E-state index is 0.498. The van der Waals surface area contributed by atoms with Crippen molar-refractivity contribution < 1.29 is 0 Å². The van der Waals surface area contributed by atoms with E-state index in [9.17, 15) is 0 Å². The van der Waals surface area contributed by atoms with Crippen LogP contribution in [0.1, 0.15) is 51.0 Å². The van der Waals surface area contributed by atoms with Gasteiger partial charge in [0.1, 0.15) is 0 Å². The Bertz CT molecular complexity index is 309. The summed E-state index contributed by atoms with van der Waals surface area (Å²) in [7, 11) is 0. The SMILES string of the molecule is CCCC1(c2ccccc2)CCC(I)CC1. The van der Waals surface area contributed by atoms with Crippen LogP contribution in [0.15, 0.2) is 30.3 Å². The van der Waals surface area contributed by atoms with Gasteiger partial charge in [-0.1, -0.05) is 66.3 Å². The van der Waals surface area contributed by atoms with Crippen LogP contribution in [0.3, 0.4) is 0 Å². The van der Waals surface area contributed by atoms with Gasteiger partial charge in [0.25, 0.3) is 0 Å². The van der Waals surface area contributed by atoms with E-state index in [1.54, 1.807) is 5.56 Å². The van der Waals surface area contributed by atoms with Crippen molar-refractivity contribution in [1.29, 1.82) is 0 Å². The first-order valence-electron chi connectivity index (χ1n) is 6.46. The molecule has 0 saturated heterocycles. The third kappa shape index (κ3) is 2.61. The average molecular weight is 328 g/mol. The second-order valence-electron chi connectivity index (χ2n) is 5.07. The third-order valence-corrected chi connectivity index (χ3v) is 5.23. The summed E-state index contributed by atoms with van der Waals surface area (Å²) in [6, 6.07) is 11.2. The number of rotatable bonds is 3. The van der Waals surface area contributed by atoms with E-state index in [0.717, 1.165) is 3.92 Å². The van der Waals surface area contributed by atoms with Gasteiger partial charge in [-0.15, -0.1) is 0 Å². The molecule has 0 N–H and O–H groups in total. The van der Waals surface area contributed by atoms with Gasteiger partial charge in [0, 0.05) is 3.92 Å². The summed E-state index contributed by atoms with van der Waals surface area (Å²) in [4.78, 5) is 0. The Kier molecular flexibility index (Phi) is 4.28. The second-order valence-corrected chi connectivity index (χ2v) is 6.83. The number of hydrogen-bond donors (Lipinski definition) is 0. The molecular weight excluding hydrogens is 307 g/mol. The molecule has 16 heavy (non-hydrogen) atoms. The van der Waals surface area contributed by atoms with Gasteiger partial charge in [-0.25, -0.2) is 0 Å². The zero-order valence-electron chi connectivity index (χ0n) is 10.1. The van der Waals surface area contributed by atoms with Crippen molar-refractivity contribution in [3.05, 3.63) is 35.9 Å². The summed E-state index contributed by atoms with van der Waals surface area (Å²) in [6.07, 6.45) is 8.24. The standard InChI is InChI=1S/C15H21I/c1-2-10-15(11-8-14(16)9-12-15)13-6-4-3-5-7-13/h3-7,14H,2,8-12H2,1H3. The zero-order valence-corrected chi connectivity index (χ0v) is 12.2. The molecule has 1 aromatic rings. The lowest BCUT2D eigenvalue weighted by atomic mass is 9.67. The molecule has 0 aromatic heterocycles. The number of benzene rings is 1. The third-order valence-electron chi connectivity index (χ3n) is 3.99. The van der Waals surface area contributed by atoms with Crippen molar-refractivity contribution in [3.8, 4) is 0 Å². The topological polar surface area (TPSA) is 0 Å². The molecule has 0 amide bonds. The summed E-state index contributed by atoms with van der Waals surface area (Å²) >= 11 is 2.62. The molecule has 1 aromatic carbocycles. The molecule has 0 radical (unpaired) electrons. The van der Waals surface area contributed by atoms with Gasteiger partial charge in [0.2, 0.25) is 0 Å². The van der Waals surface area contributed by atoms with E-state index in [2.05, 4.69) is 59.8 Å². The van der Waals surface area contributed by atoms with E-state index in [1.807, 2.05) is 0 Å². The molecule has 2 rings (SSSR count). The fraction of sp³-hybridized carbons (Fsp3) is 0.600. The Morgan fingerprint density at radius 1 is 1.19 bits per heavy atom. The van der Waals surface area contributed by atoms with Gasteiger partial charge >= 0.3 is 0 Å². The maximum Gasteiger partial charge on any atom is 0.0110 e. The van der Waals surface area contributed by atoms with Crippen LogP contribution >= 0.6 is 22.6 Å². The van der Waals surface area contributed by atoms with Crippen LogP contribution in [-0.2, 0) is 5.41 Å². The molecule has 1 saturated carbocycles. The Balaban J connectivity index is 2.22. The highest BCUT2D eigenvalue weighted by molar-refractivity contribution is 14.1. The smallest absolute Gasteiger partial charge is 0.0110 e. The van der Waals surface area contributed by atoms with Gasteiger partial charge in [-0.2, -0.15) is 0 Å².